The fourth-order valence-electron chi connectivity index (χ4n) is 3.77. The van der Waals surface area contributed by atoms with Crippen molar-refractivity contribution in [3.63, 3.8) is 0 Å². The highest BCUT2D eigenvalue weighted by Crippen LogP contribution is 2.42. The van der Waals surface area contributed by atoms with Gasteiger partial charge in [-0.1, -0.05) is 49.2 Å². The molecule has 4 rings (SSSR count). The van der Waals surface area contributed by atoms with E-state index in [9.17, 15) is 5.11 Å². The van der Waals surface area contributed by atoms with Crippen LogP contribution in [0.25, 0.3) is 0 Å². The van der Waals surface area contributed by atoms with Crippen molar-refractivity contribution in [3.05, 3.63) is 59.7 Å². The van der Waals surface area contributed by atoms with E-state index in [2.05, 4.69) is 16.3 Å². The van der Waals surface area contributed by atoms with E-state index in [1.807, 2.05) is 36.4 Å². The second-order valence-electron chi connectivity index (χ2n) is 7.48. The third-order valence-corrected chi connectivity index (χ3v) is 5.46. The molecule has 0 amide bonds. The van der Waals surface area contributed by atoms with Crippen LogP contribution in [-0.2, 0) is 6.61 Å². The SMILES string of the molecule is Cl.Cl.Oc1cc(OCc2ccccc2)ccc1[C@H](CC1CC1)N1CCNCC1. The fraction of sp³-hybridized carbons (Fsp3) is 0.455. The molecule has 0 radical (unpaired) electrons. The average molecular weight is 425 g/mol. The van der Waals surface area contributed by atoms with Gasteiger partial charge in [-0.2, -0.15) is 0 Å². The Morgan fingerprint density at radius 1 is 1.04 bits per heavy atom. The van der Waals surface area contributed by atoms with Crippen LogP contribution in [0.2, 0.25) is 0 Å². The normalized spacial score (nSPS) is 17.9. The van der Waals surface area contributed by atoms with Crippen molar-refractivity contribution in [1.82, 2.24) is 10.2 Å². The summed E-state index contributed by atoms with van der Waals surface area (Å²) in [5.74, 6) is 1.91. The van der Waals surface area contributed by atoms with Gasteiger partial charge in [0.05, 0.1) is 0 Å². The molecule has 2 aromatic carbocycles. The Kier molecular flexibility index (Phi) is 8.90. The van der Waals surface area contributed by atoms with Crippen LogP contribution < -0.4 is 10.1 Å². The lowest BCUT2D eigenvalue weighted by molar-refractivity contribution is 0.158. The fourth-order valence-corrected chi connectivity index (χ4v) is 3.77. The first-order chi connectivity index (χ1) is 12.8. The van der Waals surface area contributed by atoms with E-state index in [1.165, 1.54) is 12.8 Å². The minimum Gasteiger partial charge on any atom is -0.507 e. The maximum Gasteiger partial charge on any atom is 0.124 e. The van der Waals surface area contributed by atoms with Crippen molar-refractivity contribution in [2.24, 2.45) is 5.92 Å². The molecule has 2 fully saturated rings. The van der Waals surface area contributed by atoms with E-state index in [-0.39, 0.29) is 24.8 Å². The highest BCUT2D eigenvalue weighted by atomic mass is 35.5. The van der Waals surface area contributed by atoms with Crippen molar-refractivity contribution in [2.45, 2.75) is 31.9 Å². The van der Waals surface area contributed by atoms with E-state index in [1.54, 1.807) is 6.07 Å². The monoisotopic (exact) mass is 424 g/mol. The summed E-state index contributed by atoms with van der Waals surface area (Å²) >= 11 is 0. The Morgan fingerprint density at radius 3 is 2.39 bits per heavy atom. The number of rotatable bonds is 7. The van der Waals surface area contributed by atoms with Crippen LogP contribution >= 0.6 is 24.8 Å². The summed E-state index contributed by atoms with van der Waals surface area (Å²) in [6.07, 6.45) is 3.82. The standard InChI is InChI=1S/C22H28N2O2.2ClH/c25-22-15-19(26-16-18-4-2-1-3-5-18)8-9-20(22)21(14-17-6-7-17)24-12-10-23-11-13-24;;/h1-5,8-9,15,17,21,23,25H,6-7,10-14,16H2;2*1H/t21-;;/m0../s1. The molecule has 1 heterocycles. The lowest BCUT2D eigenvalue weighted by atomic mass is 9.97. The summed E-state index contributed by atoms with van der Waals surface area (Å²) in [5.41, 5.74) is 2.18. The van der Waals surface area contributed by atoms with Gasteiger partial charge in [-0.05, 0) is 24.0 Å². The molecule has 2 N–H and O–H groups in total. The molecule has 1 saturated heterocycles. The summed E-state index contributed by atoms with van der Waals surface area (Å²) in [5, 5.41) is 14.1. The summed E-state index contributed by atoms with van der Waals surface area (Å²) in [6.45, 7) is 4.66. The topological polar surface area (TPSA) is 44.7 Å². The first-order valence-corrected chi connectivity index (χ1v) is 9.74. The largest absolute Gasteiger partial charge is 0.507 e. The van der Waals surface area contributed by atoms with E-state index in [0.29, 0.717) is 18.4 Å². The summed E-state index contributed by atoms with van der Waals surface area (Å²) in [6, 6.07) is 16.3. The molecule has 4 nitrogen and oxygen atoms in total. The number of phenols is 1. The first kappa shape index (κ1) is 22.8. The minimum absolute atomic E-state index is 0. The molecular formula is C22H30Cl2N2O2. The molecule has 1 aliphatic heterocycles. The van der Waals surface area contributed by atoms with Gasteiger partial charge in [0.15, 0.2) is 0 Å². The van der Waals surface area contributed by atoms with Gasteiger partial charge in [0.1, 0.15) is 18.1 Å². The van der Waals surface area contributed by atoms with Gasteiger partial charge in [-0.3, -0.25) is 4.90 Å². The van der Waals surface area contributed by atoms with Crippen LogP contribution in [0.5, 0.6) is 11.5 Å². The molecule has 1 atom stereocenters. The molecule has 0 bridgehead atoms. The van der Waals surface area contributed by atoms with Crippen LogP contribution in [0.4, 0.5) is 0 Å². The van der Waals surface area contributed by atoms with Gasteiger partial charge in [-0.25, -0.2) is 0 Å². The molecule has 6 heteroatoms. The van der Waals surface area contributed by atoms with E-state index < -0.39 is 0 Å². The number of piperazine rings is 1. The number of hydrogen-bond donors (Lipinski definition) is 2. The number of nitrogens with zero attached hydrogens (tertiary/aromatic N) is 1. The van der Waals surface area contributed by atoms with E-state index in [0.717, 1.165) is 55.4 Å². The molecule has 28 heavy (non-hydrogen) atoms. The smallest absolute Gasteiger partial charge is 0.124 e. The predicted octanol–water partition coefficient (Wildman–Crippen LogP) is 4.56. The summed E-state index contributed by atoms with van der Waals surface area (Å²) < 4.78 is 5.86. The number of halogens is 2. The number of phenolic OH excluding ortho intramolecular Hbond substituents is 1. The molecule has 1 aliphatic carbocycles. The van der Waals surface area contributed by atoms with Crippen molar-refractivity contribution in [3.8, 4) is 11.5 Å². The van der Waals surface area contributed by atoms with Crippen molar-refractivity contribution >= 4 is 24.8 Å². The summed E-state index contributed by atoms with van der Waals surface area (Å²) in [7, 11) is 0. The van der Waals surface area contributed by atoms with Crippen molar-refractivity contribution in [1.29, 1.82) is 0 Å². The van der Waals surface area contributed by atoms with E-state index >= 15 is 0 Å². The zero-order valence-corrected chi connectivity index (χ0v) is 17.7. The molecule has 154 valence electrons. The molecule has 0 aromatic heterocycles. The lowest BCUT2D eigenvalue weighted by Crippen LogP contribution is -2.45. The Balaban J connectivity index is 0.00000140. The highest BCUT2D eigenvalue weighted by molar-refractivity contribution is 5.85. The van der Waals surface area contributed by atoms with Gasteiger partial charge in [0, 0.05) is 43.9 Å². The Morgan fingerprint density at radius 2 is 1.75 bits per heavy atom. The van der Waals surface area contributed by atoms with E-state index in [4.69, 9.17) is 4.74 Å². The molecular weight excluding hydrogens is 395 g/mol. The Bertz CT molecular complexity index is 720. The van der Waals surface area contributed by atoms with Gasteiger partial charge < -0.3 is 15.2 Å². The van der Waals surface area contributed by atoms with Gasteiger partial charge >= 0.3 is 0 Å². The average Bonchev–Trinajstić information content (AvgIpc) is 3.51. The second kappa shape index (κ2) is 10.9. The van der Waals surface area contributed by atoms with Crippen LogP contribution in [-0.4, -0.2) is 36.2 Å². The number of nitrogens with one attached hydrogen (secondary N) is 1. The predicted molar refractivity (Wildman–Crippen MR) is 118 cm³/mol. The maximum atomic E-state index is 10.7. The minimum atomic E-state index is 0. The highest BCUT2D eigenvalue weighted by Gasteiger charge is 2.31. The first-order valence-electron chi connectivity index (χ1n) is 9.74. The summed E-state index contributed by atoms with van der Waals surface area (Å²) in [4.78, 5) is 2.52. The number of benzene rings is 2. The Labute approximate surface area is 180 Å². The third kappa shape index (κ3) is 6.02. The van der Waals surface area contributed by atoms with Gasteiger partial charge in [0.2, 0.25) is 0 Å². The Hall–Kier alpha value is -1.46. The van der Waals surface area contributed by atoms with Crippen LogP contribution in [0.15, 0.2) is 48.5 Å². The second-order valence-corrected chi connectivity index (χ2v) is 7.48. The third-order valence-electron chi connectivity index (χ3n) is 5.46. The van der Waals surface area contributed by atoms with Crippen LogP contribution in [0.3, 0.4) is 0 Å². The zero-order chi connectivity index (χ0) is 17.8. The maximum absolute atomic E-state index is 10.7. The van der Waals surface area contributed by atoms with Gasteiger partial charge in [-0.15, -0.1) is 24.8 Å². The molecule has 2 aliphatic rings. The zero-order valence-electron chi connectivity index (χ0n) is 16.0. The molecule has 0 unspecified atom stereocenters. The number of aromatic hydroxyl groups is 1. The van der Waals surface area contributed by atoms with Crippen LogP contribution in [0.1, 0.15) is 36.4 Å². The quantitative estimate of drug-likeness (QED) is 0.683. The van der Waals surface area contributed by atoms with Crippen molar-refractivity contribution in [2.75, 3.05) is 26.2 Å². The van der Waals surface area contributed by atoms with Crippen LogP contribution in [0, 0.1) is 5.92 Å². The lowest BCUT2D eigenvalue weighted by Gasteiger charge is -2.35. The number of hydrogen-bond acceptors (Lipinski definition) is 4. The van der Waals surface area contributed by atoms with Crippen molar-refractivity contribution < 1.29 is 9.84 Å². The molecule has 0 spiro atoms. The van der Waals surface area contributed by atoms with Gasteiger partial charge in [0.25, 0.3) is 0 Å². The number of ether oxygens (including phenoxy) is 1. The molecule has 1 saturated carbocycles. The molecule has 2 aromatic rings.